The molecule has 0 radical (unpaired) electrons. The molecule has 29 heavy (non-hydrogen) atoms. The number of hydrogen-bond acceptors (Lipinski definition) is 3. The van der Waals surface area contributed by atoms with Crippen LogP contribution in [0.2, 0.25) is 0 Å². The van der Waals surface area contributed by atoms with Gasteiger partial charge in [0.15, 0.2) is 0 Å². The Balaban J connectivity index is 1.62. The zero-order chi connectivity index (χ0) is 20.8. The minimum Gasteiger partial charge on any atom is -0.310 e. The van der Waals surface area contributed by atoms with E-state index < -0.39 is 11.9 Å². The van der Waals surface area contributed by atoms with E-state index >= 15 is 0 Å². The fourth-order valence-electron chi connectivity index (χ4n) is 2.75. The van der Waals surface area contributed by atoms with Gasteiger partial charge in [-0.3, -0.25) is 15.0 Å². The molecule has 0 atom stereocenters. The Kier molecular flexibility index (Phi) is 6.09. The number of benzene rings is 2. The van der Waals surface area contributed by atoms with Gasteiger partial charge >= 0.3 is 6.03 Å². The van der Waals surface area contributed by atoms with Crippen molar-refractivity contribution in [2.24, 2.45) is 0 Å². The van der Waals surface area contributed by atoms with Crippen molar-refractivity contribution in [2.75, 3.05) is 5.32 Å². The number of carbonyl (C=O) groups is 2. The molecule has 0 unspecified atom stereocenters. The molecule has 1 heterocycles. The number of aromatic nitrogens is 1. The van der Waals surface area contributed by atoms with E-state index in [0.717, 1.165) is 16.7 Å². The molecule has 3 aromatic rings. The quantitative estimate of drug-likeness (QED) is 0.598. The largest absolute Gasteiger partial charge is 0.337 e. The summed E-state index contributed by atoms with van der Waals surface area (Å²) in [6.45, 7) is 4.25. The molecule has 7 nitrogen and oxygen atoms in total. The summed E-state index contributed by atoms with van der Waals surface area (Å²) in [4.78, 5) is 36.4. The van der Waals surface area contributed by atoms with Gasteiger partial charge in [0.2, 0.25) is 0 Å². The Labute approximate surface area is 168 Å². The first-order valence-electron chi connectivity index (χ1n) is 9.11. The van der Waals surface area contributed by atoms with Gasteiger partial charge in [0.25, 0.3) is 11.5 Å². The maximum absolute atomic E-state index is 12.3. The molecule has 0 spiro atoms. The van der Waals surface area contributed by atoms with Crippen LogP contribution in [0.1, 0.15) is 27.0 Å². The molecular weight excluding hydrogens is 368 g/mol. The number of nitrogens with one attached hydrogen (secondary N) is 3. The van der Waals surface area contributed by atoms with Crippen LogP contribution in [0.15, 0.2) is 71.7 Å². The minimum absolute atomic E-state index is 0.215. The van der Waals surface area contributed by atoms with Crippen LogP contribution in [0.4, 0.5) is 10.5 Å². The highest BCUT2D eigenvalue weighted by Crippen LogP contribution is 2.09. The molecule has 0 bridgehead atoms. The minimum atomic E-state index is -0.572. The molecule has 3 amide bonds. The van der Waals surface area contributed by atoms with Gasteiger partial charge in [-0.25, -0.2) is 10.2 Å². The standard InChI is InChI=1S/C22H22N4O3/c1-15-6-8-17(9-7-15)13-26-14-18(10-11-20(26)27)21(28)24-25-22(29)23-19-5-3-4-16(2)12-19/h3-12,14H,13H2,1-2H3,(H,24,28)(H2,23,25,29). The van der Waals surface area contributed by atoms with Crippen molar-refractivity contribution >= 4 is 17.6 Å². The van der Waals surface area contributed by atoms with E-state index in [1.807, 2.05) is 56.3 Å². The van der Waals surface area contributed by atoms with Gasteiger partial charge in [0.05, 0.1) is 12.1 Å². The van der Waals surface area contributed by atoms with Gasteiger partial charge in [-0.05, 0) is 43.2 Å². The number of nitrogens with zero attached hydrogens (tertiary/aromatic N) is 1. The highest BCUT2D eigenvalue weighted by atomic mass is 16.2. The van der Waals surface area contributed by atoms with Crippen molar-refractivity contribution in [3.8, 4) is 0 Å². The molecule has 3 N–H and O–H groups in total. The lowest BCUT2D eigenvalue weighted by atomic mass is 10.1. The number of hydrogen-bond donors (Lipinski definition) is 3. The van der Waals surface area contributed by atoms with E-state index in [4.69, 9.17) is 0 Å². The zero-order valence-corrected chi connectivity index (χ0v) is 16.2. The van der Waals surface area contributed by atoms with E-state index in [-0.39, 0.29) is 11.1 Å². The second-order valence-electron chi connectivity index (χ2n) is 6.77. The van der Waals surface area contributed by atoms with Gasteiger partial charge < -0.3 is 9.88 Å². The molecule has 0 saturated carbocycles. The van der Waals surface area contributed by atoms with E-state index in [1.54, 1.807) is 6.07 Å². The molecule has 0 aliphatic rings. The summed E-state index contributed by atoms with van der Waals surface area (Å²) >= 11 is 0. The van der Waals surface area contributed by atoms with Crippen molar-refractivity contribution in [1.82, 2.24) is 15.4 Å². The molecular formula is C22H22N4O3. The summed E-state index contributed by atoms with van der Waals surface area (Å²) in [7, 11) is 0. The number of anilines is 1. The van der Waals surface area contributed by atoms with E-state index in [9.17, 15) is 14.4 Å². The number of aryl methyl sites for hydroxylation is 2. The summed E-state index contributed by atoms with van der Waals surface area (Å²) in [5, 5.41) is 2.63. The molecule has 0 aliphatic heterocycles. The summed E-state index contributed by atoms with van der Waals surface area (Å²) in [5.74, 6) is -0.526. The number of pyridine rings is 1. The Morgan fingerprint density at radius 3 is 2.38 bits per heavy atom. The molecule has 0 fully saturated rings. The Morgan fingerprint density at radius 2 is 1.66 bits per heavy atom. The van der Waals surface area contributed by atoms with Gasteiger partial charge in [0, 0.05) is 18.0 Å². The molecule has 0 aliphatic carbocycles. The van der Waals surface area contributed by atoms with Gasteiger partial charge in [0.1, 0.15) is 0 Å². The highest BCUT2D eigenvalue weighted by Gasteiger charge is 2.10. The topological polar surface area (TPSA) is 92.2 Å². The van der Waals surface area contributed by atoms with Crippen molar-refractivity contribution in [3.63, 3.8) is 0 Å². The van der Waals surface area contributed by atoms with Crippen molar-refractivity contribution in [3.05, 3.63) is 99.5 Å². The molecule has 148 valence electrons. The third-order valence-electron chi connectivity index (χ3n) is 4.28. The maximum atomic E-state index is 12.3. The average Bonchev–Trinajstić information content (AvgIpc) is 2.69. The van der Waals surface area contributed by atoms with Gasteiger partial charge in [-0.2, -0.15) is 0 Å². The van der Waals surface area contributed by atoms with Gasteiger partial charge in [-0.15, -0.1) is 0 Å². The Morgan fingerprint density at radius 1 is 0.897 bits per heavy atom. The summed E-state index contributed by atoms with van der Waals surface area (Å²) in [6, 6.07) is 17.3. The lowest BCUT2D eigenvalue weighted by Crippen LogP contribution is -2.44. The van der Waals surface area contributed by atoms with E-state index in [0.29, 0.717) is 12.2 Å². The number of carbonyl (C=O) groups excluding carboxylic acids is 2. The Hall–Kier alpha value is -3.87. The third kappa shape index (κ3) is 5.55. The predicted molar refractivity (Wildman–Crippen MR) is 112 cm³/mol. The van der Waals surface area contributed by atoms with E-state index in [2.05, 4.69) is 16.2 Å². The average molecular weight is 390 g/mol. The monoisotopic (exact) mass is 390 g/mol. The second-order valence-corrected chi connectivity index (χ2v) is 6.77. The first kappa shape index (κ1) is 19.9. The van der Waals surface area contributed by atoms with Crippen LogP contribution in [0.5, 0.6) is 0 Å². The van der Waals surface area contributed by atoms with Gasteiger partial charge in [-0.1, -0.05) is 42.0 Å². The van der Waals surface area contributed by atoms with Crippen LogP contribution < -0.4 is 21.7 Å². The number of amides is 3. The summed E-state index contributed by atoms with van der Waals surface area (Å²) < 4.78 is 1.45. The zero-order valence-electron chi connectivity index (χ0n) is 16.2. The first-order valence-corrected chi connectivity index (χ1v) is 9.11. The first-order chi connectivity index (χ1) is 13.9. The maximum Gasteiger partial charge on any atom is 0.337 e. The van der Waals surface area contributed by atoms with Crippen LogP contribution in [-0.4, -0.2) is 16.5 Å². The third-order valence-corrected chi connectivity index (χ3v) is 4.28. The van der Waals surface area contributed by atoms with Crippen molar-refractivity contribution in [2.45, 2.75) is 20.4 Å². The van der Waals surface area contributed by atoms with Crippen molar-refractivity contribution in [1.29, 1.82) is 0 Å². The van der Waals surface area contributed by atoms with Crippen LogP contribution in [-0.2, 0) is 6.54 Å². The number of hydrazine groups is 1. The summed E-state index contributed by atoms with van der Waals surface area (Å²) in [6.07, 6.45) is 1.47. The molecule has 2 aromatic carbocycles. The molecule has 7 heteroatoms. The van der Waals surface area contributed by atoms with Crippen LogP contribution in [0.3, 0.4) is 0 Å². The lowest BCUT2D eigenvalue weighted by molar-refractivity contribution is 0.0937. The second kappa shape index (κ2) is 8.88. The summed E-state index contributed by atoms with van der Waals surface area (Å²) in [5.41, 5.74) is 8.37. The highest BCUT2D eigenvalue weighted by molar-refractivity contribution is 5.96. The fourth-order valence-corrected chi connectivity index (χ4v) is 2.75. The van der Waals surface area contributed by atoms with E-state index in [1.165, 1.54) is 22.9 Å². The fraction of sp³-hybridized carbons (Fsp3) is 0.136. The normalized spacial score (nSPS) is 10.3. The van der Waals surface area contributed by atoms with Crippen LogP contribution in [0.25, 0.3) is 0 Å². The smallest absolute Gasteiger partial charge is 0.310 e. The lowest BCUT2D eigenvalue weighted by Gasteiger charge is -2.11. The van der Waals surface area contributed by atoms with Crippen LogP contribution >= 0.6 is 0 Å². The van der Waals surface area contributed by atoms with Crippen LogP contribution in [0, 0.1) is 13.8 Å². The molecule has 3 rings (SSSR count). The van der Waals surface area contributed by atoms with Crippen molar-refractivity contribution < 1.29 is 9.59 Å². The SMILES string of the molecule is Cc1ccc(Cn2cc(C(=O)NNC(=O)Nc3cccc(C)c3)ccc2=O)cc1. The Bertz CT molecular complexity index is 1090. The molecule has 1 aromatic heterocycles. The number of urea groups is 1. The number of rotatable bonds is 4. The predicted octanol–water partition coefficient (Wildman–Crippen LogP) is 2.98. The molecule has 0 saturated heterocycles.